The van der Waals surface area contributed by atoms with Gasteiger partial charge in [0, 0.05) is 19.1 Å². The minimum absolute atomic E-state index is 0.0523. The third-order valence-corrected chi connectivity index (χ3v) is 6.48. The number of cyclic esters (lactones) is 1. The Labute approximate surface area is 259 Å². The van der Waals surface area contributed by atoms with E-state index >= 15 is 0 Å². The summed E-state index contributed by atoms with van der Waals surface area (Å²) in [5, 5.41) is 9.47. The van der Waals surface area contributed by atoms with Crippen LogP contribution in [0.25, 0.3) is 18.2 Å². The molecule has 1 aliphatic heterocycles. The van der Waals surface area contributed by atoms with Crippen LogP contribution in [-0.2, 0) is 23.8 Å². The van der Waals surface area contributed by atoms with Gasteiger partial charge in [0.1, 0.15) is 17.1 Å². The molecule has 0 aromatic heterocycles. The number of rotatable bonds is 11. The maximum absolute atomic E-state index is 12.4. The molecule has 2 unspecified atom stereocenters. The van der Waals surface area contributed by atoms with Crippen molar-refractivity contribution < 1.29 is 33.6 Å². The van der Waals surface area contributed by atoms with Gasteiger partial charge in [-0.1, -0.05) is 79.4 Å². The lowest BCUT2D eigenvalue weighted by Gasteiger charge is -2.31. The zero-order valence-corrected chi connectivity index (χ0v) is 25.5. The highest BCUT2D eigenvalue weighted by atomic mass is 16.7. The average Bonchev–Trinajstić information content (AvgIpc) is 3.00. The fraction of sp³-hybridized carbons (Fsp3) is 0.243. The first-order valence-electron chi connectivity index (χ1n) is 14.5. The Morgan fingerprint density at radius 3 is 2.30 bits per heavy atom. The van der Waals surface area contributed by atoms with Crippen LogP contribution in [0.15, 0.2) is 109 Å². The molecule has 0 saturated carbocycles. The van der Waals surface area contributed by atoms with Gasteiger partial charge in [0.15, 0.2) is 6.29 Å². The maximum atomic E-state index is 12.4. The van der Waals surface area contributed by atoms with Crippen molar-refractivity contribution in [2.75, 3.05) is 13.2 Å². The van der Waals surface area contributed by atoms with Gasteiger partial charge in [0.25, 0.3) is 0 Å². The molecule has 7 heteroatoms. The molecule has 1 heterocycles. The van der Waals surface area contributed by atoms with Gasteiger partial charge >= 0.3 is 11.9 Å². The molecule has 3 aromatic carbocycles. The molecule has 2 atom stereocenters. The monoisotopic (exact) mass is 596 g/mol. The predicted octanol–water partition coefficient (Wildman–Crippen LogP) is 7.78. The number of carbonyl (C=O) groups excluding carboxylic acids is 2. The van der Waals surface area contributed by atoms with Crippen LogP contribution < -0.4 is 4.74 Å². The lowest BCUT2D eigenvalue weighted by atomic mass is 9.96. The van der Waals surface area contributed by atoms with Gasteiger partial charge in [0.05, 0.1) is 13.0 Å². The summed E-state index contributed by atoms with van der Waals surface area (Å²) in [7, 11) is 0. The zero-order chi connectivity index (χ0) is 31.8. The van der Waals surface area contributed by atoms with E-state index in [0.29, 0.717) is 13.0 Å². The first-order chi connectivity index (χ1) is 21.2. The molecule has 44 heavy (non-hydrogen) atoms. The SMILES string of the molecule is C=Cc1ccc(OC(C)OCC)cc1.CC1(OC(=O)C=CC(C=Cc2ccccc2)=Cc2ccc(O)cc2)CCOC(=O)C1. The molecule has 0 aliphatic carbocycles. The first-order valence-corrected chi connectivity index (χ1v) is 14.5. The summed E-state index contributed by atoms with van der Waals surface area (Å²) in [6, 6.07) is 24.3. The van der Waals surface area contributed by atoms with E-state index < -0.39 is 11.6 Å². The molecule has 0 bridgehead atoms. The highest BCUT2D eigenvalue weighted by molar-refractivity contribution is 5.84. The third-order valence-electron chi connectivity index (χ3n) is 6.48. The van der Waals surface area contributed by atoms with Crippen molar-refractivity contribution in [3.05, 3.63) is 126 Å². The standard InChI is InChI=1S/C25H24O5.C12H16O2/c1-25(15-16-29-24(28)18-25)30-23(27)14-11-20(8-7-19-5-3-2-4-6-19)17-21-9-12-22(26)13-10-21;1-4-11-6-8-12(9-7-11)14-10(3)13-5-2/h2-14,17,26H,15-16,18H2,1H3;4,6-10H,1,5H2,2-3H3. The Hall–Kier alpha value is -4.88. The van der Waals surface area contributed by atoms with Crippen LogP contribution in [0.5, 0.6) is 11.5 Å². The number of hydrogen-bond donors (Lipinski definition) is 1. The molecule has 1 aliphatic rings. The van der Waals surface area contributed by atoms with Crippen molar-refractivity contribution in [1.82, 2.24) is 0 Å². The van der Waals surface area contributed by atoms with Crippen LogP contribution in [-0.4, -0.2) is 42.1 Å². The van der Waals surface area contributed by atoms with Crippen LogP contribution >= 0.6 is 0 Å². The molecule has 230 valence electrons. The molecular weight excluding hydrogens is 556 g/mol. The highest BCUT2D eigenvalue weighted by Crippen LogP contribution is 2.25. The number of carbonyl (C=O) groups is 2. The molecule has 0 radical (unpaired) electrons. The number of phenols is 1. The number of phenolic OH excluding ortho intramolecular Hbond substituents is 1. The summed E-state index contributed by atoms with van der Waals surface area (Å²) in [5.74, 6) is 0.125. The summed E-state index contributed by atoms with van der Waals surface area (Å²) >= 11 is 0. The van der Waals surface area contributed by atoms with E-state index in [1.165, 1.54) is 6.08 Å². The zero-order valence-electron chi connectivity index (χ0n) is 25.5. The fourth-order valence-corrected chi connectivity index (χ4v) is 4.17. The van der Waals surface area contributed by atoms with Crippen molar-refractivity contribution in [3.63, 3.8) is 0 Å². The van der Waals surface area contributed by atoms with Crippen LogP contribution in [0.1, 0.15) is 50.3 Å². The molecule has 4 rings (SSSR count). The Morgan fingerprint density at radius 1 is 0.977 bits per heavy atom. The van der Waals surface area contributed by atoms with Crippen molar-refractivity contribution in [2.45, 2.75) is 45.5 Å². The van der Waals surface area contributed by atoms with Gasteiger partial charge in [-0.25, -0.2) is 4.79 Å². The minimum Gasteiger partial charge on any atom is -0.508 e. The third kappa shape index (κ3) is 12.2. The molecule has 0 spiro atoms. The van der Waals surface area contributed by atoms with Crippen LogP contribution in [0, 0.1) is 0 Å². The van der Waals surface area contributed by atoms with Crippen LogP contribution in [0.4, 0.5) is 0 Å². The normalized spacial score (nSPS) is 17.3. The molecule has 0 amide bonds. The molecule has 1 fully saturated rings. The Bertz CT molecular complexity index is 1440. The minimum atomic E-state index is -0.850. The molecular formula is C37H40O7. The van der Waals surface area contributed by atoms with E-state index in [2.05, 4.69) is 6.58 Å². The van der Waals surface area contributed by atoms with Gasteiger partial charge in [0.2, 0.25) is 0 Å². The van der Waals surface area contributed by atoms with Crippen LogP contribution in [0.3, 0.4) is 0 Å². The van der Waals surface area contributed by atoms with E-state index in [4.69, 9.17) is 18.9 Å². The van der Waals surface area contributed by atoms with E-state index in [1.54, 1.807) is 43.3 Å². The highest BCUT2D eigenvalue weighted by Gasteiger charge is 2.35. The maximum Gasteiger partial charge on any atom is 0.331 e. The topological polar surface area (TPSA) is 91.3 Å². The van der Waals surface area contributed by atoms with Gasteiger partial charge in [-0.2, -0.15) is 0 Å². The number of ether oxygens (including phenoxy) is 4. The Balaban J connectivity index is 0.000000317. The summed E-state index contributed by atoms with van der Waals surface area (Å²) in [6.07, 6.45) is 10.9. The second kappa shape index (κ2) is 17.3. The summed E-state index contributed by atoms with van der Waals surface area (Å²) in [6.45, 7) is 10.2. The number of benzene rings is 3. The lowest BCUT2D eigenvalue weighted by Crippen LogP contribution is -2.39. The van der Waals surface area contributed by atoms with Gasteiger partial charge in [-0.15, -0.1) is 0 Å². The number of allylic oxidation sites excluding steroid dienone is 3. The summed E-state index contributed by atoms with van der Waals surface area (Å²) < 4.78 is 21.2. The van der Waals surface area contributed by atoms with E-state index in [9.17, 15) is 14.7 Å². The van der Waals surface area contributed by atoms with Gasteiger partial charge in [-0.3, -0.25) is 4.79 Å². The molecule has 7 nitrogen and oxygen atoms in total. The molecule has 3 aromatic rings. The number of aromatic hydroxyl groups is 1. The first kappa shape index (κ1) is 33.6. The van der Waals surface area contributed by atoms with Crippen molar-refractivity contribution in [2.24, 2.45) is 0 Å². The van der Waals surface area contributed by atoms with Crippen molar-refractivity contribution in [3.8, 4) is 11.5 Å². The van der Waals surface area contributed by atoms with Crippen molar-refractivity contribution >= 4 is 30.2 Å². The van der Waals surface area contributed by atoms with E-state index in [0.717, 1.165) is 28.0 Å². The second-order valence-electron chi connectivity index (χ2n) is 10.2. The average molecular weight is 597 g/mol. The van der Waals surface area contributed by atoms with E-state index in [-0.39, 0.29) is 31.0 Å². The van der Waals surface area contributed by atoms with Gasteiger partial charge in [-0.05, 0) is 79.5 Å². The smallest absolute Gasteiger partial charge is 0.331 e. The predicted molar refractivity (Wildman–Crippen MR) is 174 cm³/mol. The quantitative estimate of drug-likeness (QED) is 0.105. The summed E-state index contributed by atoms with van der Waals surface area (Å²) in [5.41, 5.74) is 2.91. The van der Waals surface area contributed by atoms with Crippen molar-refractivity contribution in [1.29, 1.82) is 0 Å². The molecule has 1 saturated heterocycles. The Morgan fingerprint density at radius 2 is 1.66 bits per heavy atom. The number of esters is 2. The Kier molecular flexibility index (Phi) is 13.2. The molecule has 1 N–H and O–H groups in total. The van der Waals surface area contributed by atoms with Gasteiger partial charge < -0.3 is 24.1 Å². The second-order valence-corrected chi connectivity index (χ2v) is 10.2. The van der Waals surface area contributed by atoms with Crippen LogP contribution in [0.2, 0.25) is 0 Å². The number of hydrogen-bond acceptors (Lipinski definition) is 7. The van der Waals surface area contributed by atoms with E-state index in [1.807, 2.05) is 86.7 Å². The lowest BCUT2D eigenvalue weighted by molar-refractivity contribution is -0.171. The summed E-state index contributed by atoms with van der Waals surface area (Å²) in [4.78, 5) is 23.9. The largest absolute Gasteiger partial charge is 0.508 e. The fourth-order valence-electron chi connectivity index (χ4n) is 4.17.